The summed E-state index contributed by atoms with van der Waals surface area (Å²) in [7, 11) is 0. The summed E-state index contributed by atoms with van der Waals surface area (Å²) in [5.74, 6) is -0.0382. The zero-order valence-electron chi connectivity index (χ0n) is 18.8. The molecule has 1 N–H and O–H groups in total. The van der Waals surface area contributed by atoms with Gasteiger partial charge in [0, 0.05) is 23.6 Å². The molecule has 0 saturated heterocycles. The fourth-order valence-corrected chi connectivity index (χ4v) is 4.35. The van der Waals surface area contributed by atoms with E-state index in [-0.39, 0.29) is 5.78 Å². The maximum atomic E-state index is 12.5. The summed E-state index contributed by atoms with van der Waals surface area (Å²) in [5.41, 5.74) is 2.54. The second-order valence-electron chi connectivity index (χ2n) is 8.44. The fraction of sp³-hybridized carbons (Fsp3) is 0.286. The van der Waals surface area contributed by atoms with Gasteiger partial charge in [-0.3, -0.25) is 9.59 Å². The van der Waals surface area contributed by atoms with Crippen LogP contribution < -0.4 is 9.47 Å². The molecule has 6 heteroatoms. The van der Waals surface area contributed by atoms with Crippen molar-refractivity contribution in [1.29, 1.82) is 0 Å². The Bertz CT molecular complexity index is 1140. The summed E-state index contributed by atoms with van der Waals surface area (Å²) in [5, 5.41) is 9.73. The first-order chi connectivity index (χ1) is 16.5. The van der Waals surface area contributed by atoms with E-state index in [2.05, 4.69) is 12.1 Å². The number of carboxylic acid groups (broad SMARTS) is 1. The topological polar surface area (TPSA) is 72.8 Å². The molecule has 0 fully saturated rings. The Morgan fingerprint density at radius 2 is 1.76 bits per heavy atom. The molecule has 1 heterocycles. The Labute approximate surface area is 204 Å². The van der Waals surface area contributed by atoms with Crippen LogP contribution in [0.1, 0.15) is 59.5 Å². The summed E-state index contributed by atoms with van der Waals surface area (Å²) < 4.78 is 11.5. The third-order valence-corrected chi connectivity index (χ3v) is 6.31. The van der Waals surface area contributed by atoms with Crippen LogP contribution in [-0.2, 0) is 11.2 Å². The predicted molar refractivity (Wildman–Crippen MR) is 131 cm³/mol. The van der Waals surface area contributed by atoms with Crippen molar-refractivity contribution in [2.45, 2.75) is 44.4 Å². The molecule has 0 aliphatic carbocycles. The molecule has 3 aromatic carbocycles. The molecule has 5 nitrogen and oxygen atoms in total. The number of carboxylic acids is 1. The number of benzene rings is 3. The molecule has 1 aliphatic rings. The number of ether oxygens (including phenoxy) is 2. The molecule has 1 atom stereocenters. The third-order valence-electron chi connectivity index (χ3n) is 6.02. The third kappa shape index (κ3) is 5.97. The number of aliphatic carboxylic acids is 1. The maximum absolute atomic E-state index is 12.5. The molecule has 0 amide bonds. The van der Waals surface area contributed by atoms with E-state index < -0.39 is 11.9 Å². The van der Waals surface area contributed by atoms with E-state index in [1.165, 1.54) is 5.56 Å². The van der Waals surface area contributed by atoms with Crippen molar-refractivity contribution in [2.75, 3.05) is 6.61 Å². The monoisotopic (exact) mass is 478 g/mol. The SMILES string of the molecule is O=C(CCCCCc1ccccc1)c1ccc(Oc2cc3c(cc2Cl)C(C(=O)O)CCO3)cc1. The number of aryl methyl sites for hydroxylation is 1. The first-order valence-corrected chi connectivity index (χ1v) is 11.9. The molecule has 3 aromatic rings. The smallest absolute Gasteiger partial charge is 0.311 e. The quantitative estimate of drug-likeness (QED) is 0.249. The van der Waals surface area contributed by atoms with Gasteiger partial charge in [-0.05, 0) is 61.6 Å². The number of hydrogen-bond acceptors (Lipinski definition) is 4. The summed E-state index contributed by atoms with van der Waals surface area (Å²) in [6.07, 6.45) is 4.92. The highest BCUT2D eigenvalue weighted by atomic mass is 35.5. The van der Waals surface area contributed by atoms with Gasteiger partial charge in [0.1, 0.15) is 17.2 Å². The number of carbonyl (C=O) groups excluding carboxylic acids is 1. The fourth-order valence-electron chi connectivity index (χ4n) is 4.14. The van der Waals surface area contributed by atoms with Gasteiger partial charge in [0.2, 0.25) is 0 Å². The molecule has 1 unspecified atom stereocenters. The molecule has 0 spiro atoms. The van der Waals surface area contributed by atoms with E-state index in [1.807, 2.05) is 18.2 Å². The van der Waals surface area contributed by atoms with Crippen LogP contribution in [0.2, 0.25) is 5.02 Å². The Balaban J connectivity index is 1.30. The summed E-state index contributed by atoms with van der Waals surface area (Å²) in [6, 6.07) is 20.6. The normalized spacial score (nSPS) is 14.7. The molecule has 176 valence electrons. The Morgan fingerprint density at radius 3 is 2.50 bits per heavy atom. The number of ketones is 1. The zero-order valence-corrected chi connectivity index (χ0v) is 19.6. The van der Waals surface area contributed by atoms with Gasteiger partial charge in [0.15, 0.2) is 5.78 Å². The first-order valence-electron chi connectivity index (χ1n) is 11.6. The van der Waals surface area contributed by atoms with Crippen LogP contribution in [0.4, 0.5) is 0 Å². The van der Waals surface area contributed by atoms with Crippen LogP contribution >= 0.6 is 11.6 Å². The number of carbonyl (C=O) groups is 2. The summed E-state index contributed by atoms with van der Waals surface area (Å²) >= 11 is 6.36. The van der Waals surface area contributed by atoms with Crippen molar-refractivity contribution in [1.82, 2.24) is 0 Å². The van der Waals surface area contributed by atoms with Gasteiger partial charge in [0.05, 0.1) is 17.5 Å². The number of fused-ring (bicyclic) bond motifs is 1. The van der Waals surface area contributed by atoms with Gasteiger partial charge in [-0.15, -0.1) is 0 Å². The van der Waals surface area contributed by atoms with Crippen LogP contribution in [0.5, 0.6) is 17.2 Å². The predicted octanol–water partition coefficient (Wildman–Crippen LogP) is 7.07. The lowest BCUT2D eigenvalue weighted by Gasteiger charge is -2.24. The minimum atomic E-state index is -0.897. The number of unbranched alkanes of at least 4 members (excludes halogenated alkanes) is 2. The molecule has 0 bridgehead atoms. The second-order valence-corrected chi connectivity index (χ2v) is 8.85. The van der Waals surface area contributed by atoms with Gasteiger partial charge >= 0.3 is 5.97 Å². The molecule has 0 aromatic heterocycles. The maximum Gasteiger partial charge on any atom is 0.311 e. The number of hydrogen-bond donors (Lipinski definition) is 1. The number of rotatable bonds is 10. The zero-order chi connectivity index (χ0) is 23.9. The van der Waals surface area contributed by atoms with E-state index in [4.69, 9.17) is 21.1 Å². The van der Waals surface area contributed by atoms with Gasteiger partial charge in [-0.25, -0.2) is 0 Å². The minimum Gasteiger partial charge on any atom is -0.493 e. The van der Waals surface area contributed by atoms with Gasteiger partial charge in [-0.1, -0.05) is 48.4 Å². The van der Waals surface area contributed by atoms with Crippen molar-refractivity contribution < 1.29 is 24.2 Å². The van der Waals surface area contributed by atoms with Gasteiger partial charge in [-0.2, -0.15) is 0 Å². The Kier molecular flexibility index (Phi) is 7.86. The lowest BCUT2D eigenvalue weighted by atomic mass is 9.93. The van der Waals surface area contributed by atoms with E-state index in [0.29, 0.717) is 52.8 Å². The highest BCUT2D eigenvalue weighted by molar-refractivity contribution is 6.32. The average molecular weight is 479 g/mol. The molecule has 1 aliphatic heterocycles. The summed E-state index contributed by atoms with van der Waals surface area (Å²) in [4.78, 5) is 24.0. The number of Topliss-reactive ketones (excluding diaryl/α,β-unsaturated/α-hetero) is 1. The number of halogens is 1. The van der Waals surface area contributed by atoms with Crippen molar-refractivity contribution in [3.63, 3.8) is 0 Å². The van der Waals surface area contributed by atoms with E-state index in [0.717, 1.165) is 25.7 Å². The van der Waals surface area contributed by atoms with E-state index in [9.17, 15) is 14.7 Å². The van der Waals surface area contributed by atoms with Crippen molar-refractivity contribution in [2.24, 2.45) is 0 Å². The highest BCUT2D eigenvalue weighted by Crippen LogP contribution is 2.41. The molecular weight excluding hydrogens is 452 g/mol. The molecule has 34 heavy (non-hydrogen) atoms. The van der Waals surface area contributed by atoms with Gasteiger partial charge in [0.25, 0.3) is 0 Å². The lowest BCUT2D eigenvalue weighted by molar-refractivity contribution is -0.139. The van der Waals surface area contributed by atoms with Crippen LogP contribution in [0.15, 0.2) is 66.7 Å². The van der Waals surface area contributed by atoms with E-state index in [1.54, 1.807) is 36.4 Å². The molecule has 0 radical (unpaired) electrons. The summed E-state index contributed by atoms with van der Waals surface area (Å²) in [6.45, 7) is 0.327. The lowest BCUT2D eigenvalue weighted by Crippen LogP contribution is -2.20. The van der Waals surface area contributed by atoms with Crippen molar-refractivity contribution in [3.8, 4) is 17.2 Å². The Morgan fingerprint density at radius 1 is 1.00 bits per heavy atom. The minimum absolute atomic E-state index is 0.117. The molecule has 4 rings (SSSR count). The standard InChI is InChI=1S/C28H27ClO5/c29-24-17-23-22(28(31)32)15-16-33-26(23)18-27(24)34-21-13-11-20(12-14-21)25(30)10-6-2-5-9-19-7-3-1-4-8-19/h1,3-4,7-8,11-14,17-18,22H,2,5-6,9-10,15-16H2,(H,31,32). The highest BCUT2D eigenvalue weighted by Gasteiger charge is 2.29. The van der Waals surface area contributed by atoms with Crippen LogP contribution in [0, 0.1) is 0 Å². The van der Waals surface area contributed by atoms with Crippen LogP contribution in [-0.4, -0.2) is 23.5 Å². The molecular formula is C28H27ClO5. The largest absolute Gasteiger partial charge is 0.493 e. The Hall–Kier alpha value is -3.31. The second kappa shape index (κ2) is 11.2. The van der Waals surface area contributed by atoms with Crippen molar-refractivity contribution >= 4 is 23.4 Å². The van der Waals surface area contributed by atoms with Crippen molar-refractivity contribution in [3.05, 3.63) is 88.4 Å². The van der Waals surface area contributed by atoms with Gasteiger partial charge < -0.3 is 14.6 Å². The van der Waals surface area contributed by atoms with E-state index >= 15 is 0 Å². The first kappa shape index (κ1) is 23.8. The average Bonchev–Trinajstić information content (AvgIpc) is 2.85. The molecule has 0 saturated carbocycles. The van der Waals surface area contributed by atoms with Crippen LogP contribution in [0.3, 0.4) is 0 Å². The van der Waals surface area contributed by atoms with Crippen LogP contribution in [0.25, 0.3) is 0 Å².